The summed E-state index contributed by atoms with van der Waals surface area (Å²) < 4.78 is 1.49. The lowest BCUT2D eigenvalue weighted by atomic mass is 10.5. The first kappa shape index (κ1) is 7.53. The zero-order valence-electron chi connectivity index (χ0n) is 5.86. The molecule has 0 fully saturated rings. The molecular formula is C7H8N2O2. The molecule has 1 aromatic rings. The first-order valence-electron chi connectivity index (χ1n) is 3.19. The number of carbonyl (C=O) groups is 2. The Morgan fingerprint density at radius 1 is 1.45 bits per heavy atom. The van der Waals surface area contributed by atoms with Gasteiger partial charge in [-0.2, -0.15) is 0 Å². The van der Waals surface area contributed by atoms with E-state index in [0.717, 1.165) is 0 Å². The van der Waals surface area contributed by atoms with Crippen LogP contribution in [-0.4, -0.2) is 16.9 Å². The average molecular weight is 152 g/mol. The number of hydrogen-bond donors (Lipinski definition) is 1. The molecule has 4 nitrogen and oxygen atoms in total. The maximum absolute atomic E-state index is 10.7. The van der Waals surface area contributed by atoms with Crippen LogP contribution in [0.5, 0.6) is 0 Å². The molecule has 1 amide bonds. The highest BCUT2D eigenvalue weighted by molar-refractivity contribution is 5.93. The number of aromatic nitrogens is 1. The molecule has 0 aliphatic carbocycles. The van der Waals surface area contributed by atoms with Crippen LogP contribution in [0.15, 0.2) is 24.5 Å². The van der Waals surface area contributed by atoms with Crippen molar-refractivity contribution < 1.29 is 9.59 Å². The minimum atomic E-state index is -0.309. The number of carbonyl (C=O) groups excluding carboxylic acids is 2. The smallest absolute Gasteiger partial charge is 0.245 e. The summed E-state index contributed by atoms with van der Waals surface area (Å²) in [6.07, 6.45) is 3.84. The molecule has 0 aliphatic heterocycles. The van der Waals surface area contributed by atoms with Crippen molar-refractivity contribution in [1.29, 1.82) is 0 Å². The number of aldehydes is 1. The molecule has 0 aliphatic rings. The van der Waals surface area contributed by atoms with Gasteiger partial charge in [0.25, 0.3) is 0 Å². The number of hydrogen-bond acceptors (Lipinski definition) is 2. The van der Waals surface area contributed by atoms with Crippen molar-refractivity contribution >= 4 is 12.2 Å². The van der Waals surface area contributed by atoms with Gasteiger partial charge in [-0.1, -0.05) is 0 Å². The zero-order chi connectivity index (χ0) is 8.10. The third-order valence-corrected chi connectivity index (χ3v) is 1.13. The van der Waals surface area contributed by atoms with Crippen molar-refractivity contribution in [3.05, 3.63) is 24.5 Å². The molecule has 0 bridgehead atoms. The number of rotatable bonds is 3. The quantitative estimate of drug-likeness (QED) is 0.495. The lowest BCUT2D eigenvalue weighted by Gasteiger charge is -2.01. The fourth-order valence-electron chi connectivity index (χ4n) is 0.674. The summed E-state index contributed by atoms with van der Waals surface area (Å²) in [5.41, 5.74) is 2.47. The van der Waals surface area contributed by atoms with Crippen LogP contribution in [0.2, 0.25) is 0 Å². The van der Waals surface area contributed by atoms with Gasteiger partial charge in [-0.05, 0) is 12.1 Å². The molecule has 0 radical (unpaired) electrons. The van der Waals surface area contributed by atoms with Crippen molar-refractivity contribution in [1.82, 2.24) is 4.68 Å². The molecular weight excluding hydrogens is 144 g/mol. The van der Waals surface area contributed by atoms with Crippen LogP contribution < -0.4 is 5.43 Å². The van der Waals surface area contributed by atoms with E-state index < -0.39 is 0 Å². The van der Waals surface area contributed by atoms with Gasteiger partial charge >= 0.3 is 0 Å². The predicted molar refractivity (Wildman–Crippen MR) is 39.5 cm³/mol. The maximum Gasteiger partial charge on any atom is 0.245 e. The molecule has 4 heteroatoms. The van der Waals surface area contributed by atoms with Gasteiger partial charge in [0, 0.05) is 12.4 Å². The first-order valence-corrected chi connectivity index (χ1v) is 3.19. The molecule has 0 saturated carbocycles. The van der Waals surface area contributed by atoms with Gasteiger partial charge < -0.3 is 4.79 Å². The van der Waals surface area contributed by atoms with E-state index in [1.807, 2.05) is 0 Å². The zero-order valence-corrected chi connectivity index (χ0v) is 5.86. The summed E-state index contributed by atoms with van der Waals surface area (Å²) in [6, 6.07) is 3.56. The standard InChI is InChI=1S/C7H8N2O2/c10-6-3-7(11)8-9-4-1-2-5-9/h1-2,4-6H,3H2,(H,8,11). The molecule has 11 heavy (non-hydrogen) atoms. The lowest BCUT2D eigenvalue weighted by Crippen LogP contribution is -2.21. The molecule has 1 aromatic heterocycles. The molecule has 0 atom stereocenters. The largest absolute Gasteiger partial charge is 0.303 e. The van der Waals surface area contributed by atoms with E-state index in [-0.39, 0.29) is 12.3 Å². The normalized spacial score (nSPS) is 9.09. The summed E-state index contributed by atoms with van der Waals surface area (Å²) in [6.45, 7) is 0. The van der Waals surface area contributed by atoms with Gasteiger partial charge in [-0.3, -0.25) is 14.9 Å². The molecule has 0 aromatic carbocycles. The summed E-state index contributed by atoms with van der Waals surface area (Å²) in [5.74, 6) is -0.309. The molecule has 0 saturated heterocycles. The van der Waals surface area contributed by atoms with E-state index in [1.165, 1.54) is 4.68 Å². The van der Waals surface area contributed by atoms with Gasteiger partial charge in [0.15, 0.2) is 0 Å². The van der Waals surface area contributed by atoms with E-state index in [2.05, 4.69) is 5.43 Å². The van der Waals surface area contributed by atoms with Gasteiger partial charge in [-0.15, -0.1) is 0 Å². The van der Waals surface area contributed by atoms with E-state index in [0.29, 0.717) is 6.29 Å². The van der Waals surface area contributed by atoms with Crippen LogP contribution in [0.25, 0.3) is 0 Å². The SMILES string of the molecule is O=CCC(=O)Nn1cccc1. The highest BCUT2D eigenvalue weighted by Gasteiger charge is 1.97. The van der Waals surface area contributed by atoms with Gasteiger partial charge in [-0.25, -0.2) is 0 Å². The van der Waals surface area contributed by atoms with Crippen LogP contribution in [0.1, 0.15) is 6.42 Å². The second kappa shape index (κ2) is 3.55. The Balaban J connectivity index is 2.43. The Kier molecular flexibility index (Phi) is 2.43. The minimum absolute atomic E-state index is 0.0990. The topological polar surface area (TPSA) is 51.1 Å². The Morgan fingerprint density at radius 3 is 2.64 bits per heavy atom. The third kappa shape index (κ3) is 2.25. The summed E-state index contributed by atoms with van der Waals surface area (Å²) in [7, 11) is 0. The third-order valence-electron chi connectivity index (χ3n) is 1.13. The fraction of sp³-hybridized carbons (Fsp3) is 0.143. The van der Waals surface area contributed by atoms with Crippen molar-refractivity contribution in [2.24, 2.45) is 0 Å². The minimum Gasteiger partial charge on any atom is -0.303 e. The monoisotopic (exact) mass is 152 g/mol. The summed E-state index contributed by atoms with van der Waals surface area (Å²) in [4.78, 5) is 20.6. The average Bonchev–Trinajstić information content (AvgIpc) is 2.40. The highest BCUT2D eigenvalue weighted by Crippen LogP contribution is 1.85. The Hall–Kier alpha value is -1.58. The second-order valence-electron chi connectivity index (χ2n) is 2.00. The molecule has 0 spiro atoms. The van der Waals surface area contributed by atoms with Crippen LogP contribution in [0.3, 0.4) is 0 Å². The van der Waals surface area contributed by atoms with Gasteiger partial charge in [0.05, 0.1) is 6.42 Å². The Labute approximate surface area is 63.8 Å². The van der Waals surface area contributed by atoms with Gasteiger partial charge in [0.2, 0.25) is 5.91 Å². The summed E-state index contributed by atoms with van der Waals surface area (Å²) >= 11 is 0. The van der Waals surface area contributed by atoms with Gasteiger partial charge in [0.1, 0.15) is 6.29 Å². The van der Waals surface area contributed by atoms with Crippen molar-refractivity contribution in [3.8, 4) is 0 Å². The molecule has 1 heterocycles. The Bertz CT molecular complexity index is 241. The predicted octanol–water partition coefficient (Wildman–Crippen LogP) is 0.147. The molecule has 1 rings (SSSR count). The lowest BCUT2D eigenvalue weighted by molar-refractivity contribution is -0.120. The van der Waals surface area contributed by atoms with Crippen molar-refractivity contribution in [2.45, 2.75) is 6.42 Å². The van der Waals surface area contributed by atoms with E-state index in [1.54, 1.807) is 24.5 Å². The number of amides is 1. The number of nitrogens with zero attached hydrogens (tertiary/aromatic N) is 1. The molecule has 1 N–H and O–H groups in total. The Morgan fingerprint density at radius 2 is 2.09 bits per heavy atom. The molecule has 58 valence electrons. The maximum atomic E-state index is 10.7. The molecule has 0 unspecified atom stereocenters. The van der Waals surface area contributed by atoms with Crippen LogP contribution in [-0.2, 0) is 9.59 Å². The van der Waals surface area contributed by atoms with Crippen LogP contribution in [0, 0.1) is 0 Å². The second-order valence-corrected chi connectivity index (χ2v) is 2.00. The number of nitrogens with one attached hydrogen (secondary N) is 1. The first-order chi connectivity index (χ1) is 5.33. The van der Waals surface area contributed by atoms with Crippen LogP contribution >= 0.6 is 0 Å². The fourth-order valence-corrected chi connectivity index (χ4v) is 0.674. The van der Waals surface area contributed by atoms with Crippen LogP contribution in [0.4, 0.5) is 0 Å². The summed E-state index contributed by atoms with van der Waals surface area (Å²) in [5, 5.41) is 0. The van der Waals surface area contributed by atoms with E-state index >= 15 is 0 Å². The van der Waals surface area contributed by atoms with E-state index in [9.17, 15) is 9.59 Å². The van der Waals surface area contributed by atoms with E-state index in [4.69, 9.17) is 0 Å². The van der Waals surface area contributed by atoms with Crippen molar-refractivity contribution in [2.75, 3.05) is 5.43 Å². The highest BCUT2D eigenvalue weighted by atomic mass is 16.2. The van der Waals surface area contributed by atoms with Crippen molar-refractivity contribution in [3.63, 3.8) is 0 Å².